The van der Waals surface area contributed by atoms with E-state index in [0.29, 0.717) is 32.4 Å². The highest BCUT2D eigenvalue weighted by molar-refractivity contribution is 7.88. The fraction of sp³-hybridized carbons (Fsp3) is 0.889. The van der Waals surface area contributed by atoms with Gasteiger partial charge in [0.05, 0.1) is 6.26 Å². The van der Waals surface area contributed by atoms with E-state index in [1.807, 2.05) is 0 Å². The summed E-state index contributed by atoms with van der Waals surface area (Å²) in [7, 11) is -3.30. The molecule has 0 aromatic heterocycles. The van der Waals surface area contributed by atoms with E-state index in [-0.39, 0.29) is 12.5 Å². The van der Waals surface area contributed by atoms with Crippen molar-refractivity contribution in [3.05, 3.63) is 0 Å². The molecule has 0 aromatic rings. The molecule has 1 aliphatic rings. The molecule has 0 radical (unpaired) electrons. The fourth-order valence-electron chi connectivity index (χ4n) is 1.81. The van der Waals surface area contributed by atoms with Crippen molar-refractivity contribution in [3.8, 4) is 0 Å². The van der Waals surface area contributed by atoms with Gasteiger partial charge in [0.2, 0.25) is 15.9 Å². The van der Waals surface area contributed by atoms with E-state index in [9.17, 15) is 13.2 Å². The number of hydrogen-bond acceptors (Lipinski definition) is 4. The predicted molar refractivity (Wildman–Crippen MR) is 59.3 cm³/mol. The molecular formula is C9H18N2O4S. The lowest BCUT2D eigenvalue weighted by molar-refractivity contribution is -0.124. The van der Waals surface area contributed by atoms with Crippen LogP contribution in [0.5, 0.6) is 0 Å². The first kappa shape index (κ1) is 13.4. The van der Waals surface area contributed by atoms with Gasteiger partial charge >= 0.3 is 0 Å². The molecule has 1 atom stereocenters. The van der Waals surface area contributed by atoms with Gasteiger partial charge in [-0.05, 0) is 19.3 Å². The SMILES string of the molecule is CS(=O)(=O)N1CCCC1C(=O)NCCCO. The number of carbonyl (C=O) groups is 1. The van der Waals surface area contributed by atoms with Gasteiger partial charge < -0.3 is 10.4 Å². The van der Waals surface area contributed by atoms with Crippen molar-refractivity contribution in [1.29, 1.82) is 0 Å². The van der Waals surface area contributed by atoms with E-state index in [4.69, 9.17) is 5.11 Å². The second-order valence-corrected chi connectivity index (χ2v) is 5.83. The molecule has 0 spiro atoms. The lowest BCUT2D eigenvalue weighted by atomic mass is 10.2. The number of hydrogen-bond donors (Lipinski definition) is 2. The van der Waals surface area contributed by atoms with E-state index in [1.54, 1.807) is 0 Å². The molecule has 1 rings (SSSR count). The van der Waals surface area contributed by atoms with Gasteiger partial charge in [0, 0.05) is 19.7 Å². The molecule has 0 aromatic carbocycles. The highest BCUT2D eigenvalue weighted by Crippen LogP contribution is 2.20. The third kappa shape index (κ3) is 3.43. The number of aliphatic hydroxyl groups is 1. The first-order chi connectivity index (χ1) is 7.46. The Morgan fingerprint density at radius 1 is 1.56 bits per heavy atom. The second kappa shape index (κ2) is 5.60. The van der Waals surface area contributed by atoms with Crippen LogP contribution in [0.25, 0.3) is 0 Å². The van der Waals surface area contributed by atoms with Crippen LogP contribution >= 0.6 is 0 Å². The highest BCUT2D eigenvalue weighted by atomic mass is 32.2. The third-order valence-electron chi connectivity index (χ3n) is 2.57. The van der Waals surface area contributed by atoms with E-state index < -0.39 is 16.1 Å². The third-order valence-corrected chi connectivity index (χ3v) is 3.86. The summed E-state index contributed by atoms with van der Waals surface area (Å²) in [5, 5.41) is 11.2. The fourth-order valence-corrected chi connectivity index (χ4v) is 2.93. The number of aliphatic hydroxyl groups excluding tert-OH is 1. The lowest BCUT2D eigenvalue weighted by Crippen LogP contribution is -2.45. The van der Waals surface area contributed by atoms with Crippen LogP contribution in [0.3, 0.4) is 0 Å². The van der Waals surface area contributed by atoms with E-state index in [2.05, 4.69) is 5.32 Å². The number of amides is 1. The molecular weight excluding hydrogens is 232 g/mol. The van der Waals surface area contributed by atoms with Crippen LogP contribution in [-0.4, -0.2) is 55.7 Å². The summed E-state index contributed by atoms with van der Waals surface area (Å²) in [5.41, 5.74) is 0. The summed E-state index contributed by atoms with van der Waals surface area (Å²) in [6.07, 6.45) is 2.88. The van der Waals surface area contributed by atoms with Crippen LogP contribution in [-0.2, 0) is 14.8 Å². The van der Waals surface area contributed by atoms with Gasteiger partial charge in [-0.15, -0.1) is 0 Å². The Hall–Kier alpha value is -0.660. The quantitative estimate of drug-likeness (QED) is 0.607. The predicted octanol–water partition coefficient (Wildman–Crippen LogP) is -1.09. The molecule has 1 heterocycles. The monoisotopic (exact) mass is 250 g/mol. The van der Waals surface area contributed by atoms with E-state index in [0.717, 1.165) is 6.26 Å². The zero-order valence-electron chi connectivity index (χ0n) is 9.35. The number of carbonyl (C=O) groups excluding carboxylic acids is 1. The van der Waals surface area contributed by atoms with E-state index in [1.165, 1.54) is 4.31 Å². The Labute approximate surface area is 95.7 Å². The first-order valence-electron chi connectivity index (χ1n) is 5.32. The minimum atomic E-state index is -3.30. The minimum Gasteiger partial charge on any atom is -0.396 e. The van der Waals surface area contributed by atoms with Gasteiger partial charge in [-0.1, -0.05) is 0 Å². The maximum atomic E-state index is 11.7. The van der Waals surface area contributed by atoms with Crippen LogP contribution in [0.4, 0.5) is 0 Å². The van der Waals surface area contributed by atoms with Crippen LogP contribution < -0.4 is 5.32 Å². The Bertz CT molecular complexity index is 341. The molecule has 0 saturated carbocycles. The smallest absolute Gasteiger partial charge is 0.238 e. The standard InChI is InChI=1S/C9H18N2O4S/c1-16(14,15)11-6-2-4-8(11)9(13)10-5-3-7-12/h8,12H,2-7H2,1H3,(H,10,13). The topological polar surface area (TPSA) is 86.7 Å². The summed E-state index contributed by atoms with van der Waals surface area (Å²) < 4.78 is 24.0. The van der Waals surface area contributed by atoms with Gasteiger partial charge in [0.1, 0.15) is 6.04 Å². The van der Waals surface area contributed by atoms with Crippen molar-refractivity contribution in [2.45, 2.75) is 25.3 Å². The number of nitrogens with one attached hydrogen (secondary N) is 1. The average molecular weight is 250 g/mol. The van der Waals surface area contributed by atoms with E-state index >= 15 is 0 Å². The molecule has 0 aliphatic carbocycles. The minimum absolute atomic E-state index is 0.0146. The van der Waals surface area contributed by atoms with Crippen LogP contribution in [0, 0.1) is 0 Å². The van der Waals surface area contributed by atoms with Crippen molar-refractivity contribution in [2.75, 3.05) is 26.0 Å². The second-order valence-electron chi connectivity index (χ2n) is 3.90. The first-order valence-corrected chi connectivity index (χ1v) is 7.17. The summed E-state index contributed by atoms with van der Waals surface area (Å²) >= 11 is 0. The molecule has 1 fully saturated rings. The molecule has 1 amide bonds. The molecule has 7 heteroatoms. The molecule has 2 N–H and O–H groups in total. The van der Waals surface area contributed by atoms with Crippen LogP contribution in [0.2, 0.25) is 0 Å². The van der Waals surface area contributed by atoms with Gasteiger partial charge in [0.15, 0.2) is 0 Å². The Kier molecular flexibility index (Phi) is 4.69. The molecule has 6 nitrogen and oxygen atoms in total. The van der Waals surface area contributed by atoms with Gasteiger partial charge in [-0.25, -0.2) is 8.42 Å². The van der Waals surface area contributed by atoms with Crippen molar-refractivity contribution >= 4 is 15.9 Å². The zero-order chi connectivity index (χ0) is 12.2. The van der Waals surface area contributed by atoms with Crippen molar-refractivity contribution < 1.29 is 18.3 Å². The number of nitrogens with zero attached hydrogens (tertiary/aromatic N) is 1. The molecule has 1 aliphatic heterocycles. The summed E-state index contributed by atoms with van der Waals surface area (Å²) in [6.45, 7) is 0.807. The maximum Gasteiger partial charge on any atom is 0.238 e. The van der Waals surface area contributed by atoms with Crippen molar-refractivity contribution in [1.82, 2.24) is 9.62 Å². The zero-order valence-corrected chi connectivity index (χ0v) is 10.2. The van der Waals surface area contributed by atoms with Crippen LogP contribution in [0.15, 0.2) is 0 Å². The average Bonchev–Trinajstić information content (AvgIpc) is 2.65. The van der Waals surface area contributed by atoms with Gasteiger partial charge in [-0.2, -0.15) is 4.31 Å². The maximum absolute atomic E-state index is 11.7. The molecule has 1 unspecified atom stereocenters. The Morgan fingerprint density at radius 2 is 2.25 bits per heavy atom. The highest BCUT2D eigenvalue weighted by Gasteiger charge is 2.35. The number of rotatable bonds is 5. The largest absolute Gasteiger partial charge is 0.396 e. The molecule has 16 heavy (non-hydrogen) atoms. The van der Waals surface area contributed by atoms with Gasteiger partial charge in [-0.3, -0.25) is 4.79 Å². The molecule has 0 bridgehead atoms. The van der Waals surface area contributed by atoms with Gasteiger partial charge in [0.25, 0.3) is 0 Å². The lowest BCUT2D eigenvalue weighted by Gasteiger charge is -2.21. The Balaban J connectivity index is 2.55. The summed E-state index contributed by atoms with van der Waals surface area (Å²) in [6, 6.07) is -0.575. The summed E-state index contributed by atoms with van der Waals surface area (Å²) in [5.74, 6) is -0.267. The van der Waals surface area contributed by atoms with Crippen molar-refractivity contribution in [2.24, 2.45) is 0 Å². The van der Waals surface area contributed by atoms with Crippen molar-refractivity contribution in [3.63, 3.8) is 0 Å². The summed E-state index contributed by atoms with van der Waals surface area (Å²) in [4.78, 5) is 11.7. The molecule has 1 saturated heterocycles. The van der Waals surface area contributed by atoms with Crippen LogP contribution in [0.1, 0.15) is 19.3 Å². The Morgan fingerprint density at radius 3 is 2.81 bits per heavy atom. The number of sulfonamides is 1. The molecule has 94 valence electrons. The normalized spacial score (nSPS) is 22.2.